The van der Waals surface area contributed by atoms with E-state index in [-0.39, 0.29) is 12.5 Å². The third-order valence-electron chi connectivity index (χ3n) is 4.17. The molecule has 2 aromatic rings. The van der Waals surface area contributed by atoms with E-state index in [4.69, 9.17) is 0 Å². The first-order chi connectivity index (χ1) is 8.90. The van der Waals surface area contributed by atoms with E-state index in [9.17, 15) is 5.11 Å². The standard InChI is InChI=1S/C15H20N2O/c18-10-14(11-5-7-16-8-6-11)13-9-17-15-4-2-1-3-12(13)15/h1-4,9,11,14,16-18H,5-8,10H2. The fourth-order valence-corrected chi connectivity index (χ4v) is 3.15. The van der Waals surface area contributed by atoms with E-state index in [1.807, 2.05) is 6.07 Å². The Morgan fingerprint density at radius 1 is 1.22 bits per heavy atom. The molecule has 1 saturated heterocycles. The van der Waals surface area contributed by atoms with Crippen LogP contribution in [0, 0.1) is 5.92 Å². The van der Waals surface area contributed by atoms with Crippen LogP contribution < -0.4 is 5.32 Å². The number of piperidine rings is 1. The van der Waals surface area contributed by atoms with Crippen molar-refractivity contribution in [1.29, 1.82) is 0 Å². The van der Waals surface area contributed by atoms with Gasteiger partial charge >= 0.3 is 0 Å². The highest BCUT2D eigenvalue weighted by atomic mass is 16.3. The molecule has 1 atom stereocenters. The molecular formula is C15H20N2O. The normalized spacial score (nSPS) is 19.2. The van der Waals surface area contributed by atoms with E-state index in [0.717, 1.165) is 25.9 Å². The van der Waals surface area contributed by atoms with Gasteiger partial charge in [-0.3, -0.25) is 0 Å². The fourth-order valence-electron chi connectivity index (χ4n) is 3.15. The summed E-state index contributed by atoms with van der Waals surface area (Å²) in [6.07, 6.45) is 4.39. The highest BCUT2D eigenvalue weighted by molar-refractivity contribution is 5.83. The predicted molar refractivity (Wildman–Crippen MR) is 73.7 cm³/mol. The maximum absolute atomic E-state index is 9.78. The lowest BCUT2D eigenvalue weighted by molar-refractivity contribution is 0.202. The average molecular weight is 244 g/mol. The Bertz CT molecular complexity index is 514. The van der Waals surface area contributed by atoms with Crippen molar-refractivity contribution in [3.8, 4) is 0 Å². The molecule has 3 N–H and O–H groups in total. The Morgan fingerprint density at radius 3 is 2.78 bits per heavy atom. The van der Waals surface area contributed by atoms with Crippen molar-refractivity contribution in [2.75, 3.05) is 19.7 Å². The summed E-state index contributed by atoms with van der Waals surface area (Å²) in [7, 11) is 0. The minimum Gasteiger partial charge on any atom is -0.396 e. The molecule has 0 spiro atoms. The second-order valence-electron chi connectivity index (χ2n) is 5.17. The minimum absolute atomic E-state index is 0.243. The van der Waals surface area contributed by atoms with Gasteiger partial charge in [-0.2, -0.15) is 0 Å². The van der Waals surface area contributed by atoms with E-state index in [1.165, 1.54) is 16.5 Å². The first-order valence-corrected chi connectivity index (χ1v) is 6.77. The highest BCUT2D eigenvalue weighted by Gasteiger charge is 2.26. The molecule has 3 heteroatoms. The molecule has 1 aromatic heterocycles. The van der Waals surface area contributed by atoms with Crippen molar-refractivity contribution in [1.82, 2.24) is 10.3 Å². The van der Waals surface area contributed by atoms with Gasteiger partial charge in [0.05, 0.1) is 6.61 Å². The van der Waals surface area contributed by atoms with Crippen LogP contribution in [0.1, 0.15) is 24.3 Å². The third kappa shape index (κ3) is 2.04. The summed E-state index contributed by atoms with van der Waals surface area (Å²) in [4.78, 5) is 3.32. The van der Waals surface area contributed by atoms with Crippen LogP contribution in [-0.2, 0) is 0 Å². The lowest BCUT2D eigenvalue weighted by Crippen LogP contribution is -2.31. The molecule has 1 aliphatic rings. The van der Waals surface area contributed by atoms with Crippen molar-refractivity contribution in [3.63, 3.8) is 0 Å². The number of rotatable bonds is 3. The first-order valence-electron chi connectivity index (χ1n) is 6.77. The zero-order valence-corrected chi connectivity index (χ0v) is 10.5. The van der Waals surface area contributed by atoms with Gasteiger partial charge < -0.3 is 15.4 Å². The van der Waals surface area contributed by atoms with Crippen LogP contribution in [0.25, 0.3) is 10.9 Å². The largest absolute Gasteiger partial charge is 0.396 e. The van der Waals surface area contributed by atoms with Gasteiger partial charge in [-0.05, 0) is 43.5 Å². The summed E-state index contributed by atoms with van der Waals surface area (Å²) in [6.45, 7) is 2.39. The summed E-state index contributed by atoms with van der Waals surface area (Å²) in [5.41, 5.74) is 2.44. The monoisotopic (exact) mass is 244 g/mol. The second-order valence-corrected chi connectivity index (χ2v) is 5.17. The topological polar surface area (TPSA) is 48.0 Å². The molecule has 0 aliphatic carbocycles. The number of nitrogens with one attached hydrogen (secondary N) is 2. The van der Waals surface area contributed by atoms with Crippen molar-refractivity contribution in [2.45, 2.75) is 18.8 Å². The number of benzene rings is 1. The number of H-pyrrole nitrogens is 1. The number of aliphatic hydroxyl groups excluding tert-OH is 1. The predicted octanol–water partition coefficient (Wildman–Crippen LogP) is 2.24. The number of hydrogen-bond acceptors (Lipinski definition) is 2. The Labute approximate surface area is 107 Å². The van der Waals surface area contributed by atoms with Crippen molar-refractivity contribution in [2.24, 2.45) is 5.92 Å². The summed E-state index contributed by atoms with van der Waals surface area (Å²) in [5, 5.41) is 14.4. The van der Waals surface area contributed by atoms with E-state index < -0.39 is 0 Å². The molecule has 1 aromatic carbocycles. The number of para-hydroxylation sites is 1. The van der Waals surface area contributed by atoms with Gasteiger partial charge in [0.15, 0.2) is 0 Å². The molecule has 3 nitrogen and oxygen atoms in total. The highest BCUT2D eigenvalue weighted by Crippen LogP contribution is 2.34. The third-order valence-corrected chi connectivity index (χ3v) is 4.17. The molecule has 0 bridgehead atoms. The Balaban J connectivity index is 1.95. The maximum atomic E-state index is 9.78. The maximum Gasteiger partial charge on any atom is 0.0503 e. The van der Waals surface area contributed by atoms with Gasteiger partial charge in [0.25, 0.3) is 0 Å². The van der Waals surface area contributed by atoms with Gasteiger partial charge in [0.1, 0.15) is 0 Å². The van der Waals surface area contributed by atoms with Crippen molar-refractivity contribution in [3.05, 3.63) is 36.0 Å². The van der Waals surface area contributed by atoms with Crippen LogP contribution in [0.5, 0.6) is 0 Å². The Hall–Kier alpha value is -1.32. The van der Waals surface area contributed by atoms with Gasteiger partial charge in [-0.15, -0.1) is 0 Å². The molecule has 3 rings (SSSR count). The van der Waals surface area contributed by atoms with Gasteiger partial charge in [0.2, 0.25) is 0 Å². The van der Waals surface area contributed by atoms with Crippen molar-refractivity contribution >= 4 is 10.9 Å². The minimum atomic E-state index is 0.243. The molecule has 0 amide bonds. The lowest BCUT2D eigenvalue weighted by atomic mass is 9.81. The van der Waals surface area contributed by atoms with Crippen LogP contribution in [0.4, 0.5) is 0 Å². The smallest absolute Gasteiger partial charge is 0.0503 e. The van der Waals surface area contributed by atoms with E-state index >= 15 is 0 Å². The zero-order chi connectivity index (χ0) is 12.4. The second kappa shape index (κ2) is 5.12. The lowest BCUT2D eigenvalue weighted by Gasteiger charge is -2.29. The summed E-state index contributed by atoms with van der Waals surface area (Å²) < 4.78 is 0. The van der Waals surface area contributed by atoms with E-state index in [0.29, 0.717) is 5.92 Å². The number of aliphatic hydroxyl groups is 1. The summed E-state index contributed by atoms with van der Waals surface area (Å²) >= 11 is 0. The van der Waals surface area contributed by atoms with Crippen LogP contribution >= 0.6 is 0 Å². The zero-order valence-electron chi connectivity index (χ0n) is 10.5. The van der Waals surface area contributed by atoms with Gasteiger partial charge in [0, 0.05) is 23.0 Å². The van der Waals surface area contributed by atoms with Crippen LogP contribution in [0.3, 0.4) is 0 Å². The molecule has 96 valence electrons. The first kappa shape index (κ1) is 11.8. The van der Waals surface area contributed by atoms with Crippen molar-refractivity contribution < 1.29 is 5.11 Å². The summed E-state index contributed by atoms with van der Waals surface area (Å²) in [5.74, 6) is 0.860. The fraction of sp³-hybridized carbons (Fsp3) is 0.467. The Kier molecular flexibility index (Phi) is 3.35. The number of hydrogen-bond donors (Lipinski definition) is 3. The molecule has 2 heterocycles. The summed E-state index contributed by atoms with van der Waals surface area (Å²) in [6, 6.07) is 8.35. The van der Waals surface area contributed by atoms with Gasteiger partial charge in [-0.1, -0.05) is 18.2 Å². The molecule has 1 fully saturated rings. The van der Waals surface area contributed by atoms with Gasteiger partial charge in [-0.25, -0.2) is 0 Å². The molecular weight excluding hydrogens is 224 g/mol. The number of aromatic amines is 1. The molecule has 18 heavy (non-hydrogen) atoms. The number of aromatic nitrogens is 1. The van der Waals surface area contributed by atoms with Crippen LogP contribution in [-0.4, -0.2) is 29.8 Å². The SMILES string of the molecule is OCC(c1c[nH]c2ccccc12)C1CCNCC1. The quantitative estimate of drug-likeness (QED) is 0.775. The van der Waals surface area contributed by atoms with E-state index in [2.05, 4.69) is 34.7 Å². The Morgan fingerprint density at radius 2 is 2.00 bits per heavy atom. The van der Waals surface area contributed by atoms with Crippen LogP contribution in [0.2, 0.25) is 0 Å². The average Bonchev–Trinajstić information content (AvgIpc) is 2.85. The molecule has 0 radical (unpaired) electrons. The number of fused-ring (bicyclic) bond motifs is 1. The van der Waals surface area contributed by atoms with E-state index in [1.54, 1.807) is 0 Å². The van der Waals surface area contributed by atoms with Crippen LogP contribution in [0.15, 0.2) is 30.5 Å². The molecule has 1 unspecified atom stereocenters. The molecule has 1 aliphatic heterocycles. The molecule has 0 saturated carbocycles.